The summed E-state index contributed by atoms with van der Waals surface area (Å²) in [5.74, 6) is 0.945. The lowest BCUT2D eigenvalue weighted by molar-refractivity contribution is 0.0867. The van der Waals surface area contributed by atoms with Crippen LogP contribution in [0.3, 0.4) is 0 Å². The van der Waals surface area contributed by atoms with Gasteiger partial charge in [-0.1, -0.05) is 29.8 Å². The van der Waals surface area contributed by atoms with E-state index in [-0.39, 0.29) is 0 Å². The van der Waals surface area contributed by atoms with E-state index in [4.69, 9.17) is 15.0 Å². The van der Waals surface area contributed by atoms with E-state index in [2.05, 4.69) is 17.1 Å². The Labute approximate surface area is 119 Å². The van der Waals surface area contributed by atoms with Crippen molar-refractivity contribution in [3.63, 3.8) is 0 Å². The number of ether oxygens (including phenoxy) is 1. The summed E-state index contributed by atoms with van der Waals surface area (Å²) in [6.07, 6.45) is 0.955. The van der Waals surface area contributed by atoms with Gasteiger partial charge in [-0.15, -0.1) is 0 Å². The fourth-order valence-corrected chi connectivity index (χ4v) is 1.84. The van der Waals surface area contributed by atoms with Crippen LogP contribution in [0.2, 0.25) is 0 Å². The molecule has 2 rings (SSSR count). The fraction of sp³-hybridized carbons (Fsp3) is 0.467. The van der Waals surface area contributed by atoms with Crippen LogP contribution in [0, 0.1) is 6.92 Å². The number of benzene rings is 1. The van der Waals surface area contributed by atoms with Crippen LogP contribution >= 0.6 is 0 Å². The lowest BCUT2D eigenvalue weighted by Gasteiger charge is -2.19. The predicted octanol–water partition coefficient (Wildman–Crippen LogP) is 2.65. The third kappa shape index (κ3) is 3.43. The molecule has 0 bridgehead atoms. The molecule has 0 aliphatic carbocycles. The van der Waals surface area contributed by atoms with Crippen LogP contribution in [0.15, 0.2) is 28.8 Å². The number of rotatable bonds is 6. The van der Waals surface area contributed by atoms with Crippen LogP contribution in [0.5, 0.6) is 0 Å². The maximum Gasteiger partial charge on any atom is 0.258 e. The lowest BCUT2D eigenvalue weighted by Crippen LogP contribution is -2.39. The first-order valence-electron chi connectivity index (χ1n) is 6.81. The van der Waals surface area contributed by atoms with E-state index in [1.807, 2.05) is 38.1 Å². The summed E-state index contributed by atoms with van der Waals surface area (Å²) >= 11 is 0. The summed E-state index contributed by atoms with van der Waals surface area (Å²) in [6.45, 7) is 6.96. The molecule has 0 amide bonds. The molecule has 1 unspecified atom stereocenters. The highest BCUT2D eigenvalue weighted by Crippen LogP contribution is 2.22. The summed E-state index contributed by atoms with van der Waals surface area (Å²) in [7, 11) is 0. The van der Waals surface area contributed by atoms with Gasteiger partial charge in [0.2, 0.25) is 0 Å². The van der Waals surface area contributed by atoms with Gasteiger partial charge in [0.15, 0.2) is 5.82 Å². The van der Waals surface area contributed by atoms with E-state index in [0.717, 1.165) is 17.5 Å². The molecule has 0 aliphatic heterocycles. The van der Waals surface area contributed by atoms with E-state index < -0.39 is 5.54 Å². The molecule has 0 saturated carbocycles. The Bertz CT molecular complexity index is 564. The molecule has 0 fully saturated rings. The van der Waals surface area contributed by atoms with Gasteiger partial charge < -0.3 is 15.0 Å². The summed E-state index contributed by atoms with van der Waals surface area (Å²) in [5, 5.41) is 3.98. The second kappa shape index (κ2) is 6.15. The van der Waals surface area contributed by atoms with E-state index in [1.165, 1.54) is 0 Å². The lowest BCUT2D eigenvalue weighted by atomic mass is 10.1. The zero-order chi connectivity index (χ0) is 14.6. The average Bonchev–Trinajstić information content (AvgIpc) is 2.89. The molecule has 1 atom stereocenters. The molecule has 1 aromatic heterocycles. The molecule has 0 radical (unpaired) electrons. The Balaban J connectivity index is 2.16. The quantitative estimate of drug-likeness (QED) is 0.820. The molecule has 1 heterocycles. The van der Waals surface area contributed by atoms with Crippen LogP contribution in [0.4, 0.5) is 0 Å². The van der Waals surface area contributed by atoms with Crippen LogP contribution < -0.4 is 5.73 Å². The second-order valence-electron chi connectivity index (χ2n) is 5.26. The number of hydrogen-bond acceptors (Lipinski definition) is 5. The number of nitrogens with two attached hydrogens (primary N) is 1. The van der Waals surface area contributed by atoms with Crippen LogP contribution in [0.1, 0.15) is 31.7 Å². The Morgan fingerprint density at radius 2 is 2.20 bits per heavy atom. The van der Waals surface area contributed by atoms with Crippen molar-refractivity contribution in [1.29, 1.82) is 0 Å². The first-order valence-corrected chi connectivity index (χ1v) is 6.81. The number of aryl methyl sites for hydroxylation is 1. The van der Waals surface area contributed by atoms with Crippen molar-refractivity contribution in [2.75, 3.05) is 13.2 Å². The maximum absolute atomic E-state index is 6.19. The standard InChI is InChI=1S/C15H21N3O2/c1-4-8-19-10-15(3,16)14-17-13(20-18-14)12-7-5-6-11(2)9-12/h5-7,9H,4,8,10,16H2,1-3H3. The zero-order valence-corrected chi connectivity index (χ0v) is 12.2. The molecule has 1 aromatic carbocycles. The smallest absolute Gasteiger partial charge is 0.258 e. The molecule has 0 aliphatic rings. The van der Waals surface area contributed by atoms with Gasteiger partial charge >= 0.3 is 0 Å². The molecule has 2 N–H and O–H groups in total. The highest BCUT2D eigenvalue weighted by atomic mass is 16.5. The summed E-state index contributed by atoms with van der Waals surface area (Å²) in [4.78, 5) is 4.39. The predicted molar refractivity (Wildman–Crippen MR) is 77.1 cm³/mol. The highest BCUT2D eigenvalue weighted by molar-refractivity contribution is 5.53. The summed E-state index contributed by atoms with van der Waals surface area (Å²) in [6, 6.07) is 7.91. The normalized spacial score (nSPS) is 14.2. The molecule has 0 spiro atoms. The minimum Gasteiger partial charge on any atom is -0.379 e. The SMILES string of the molecule is CCCOCC(C)(N)c1noc(-c2cccc(C)c2)n1. The molecular formula is C15H21N3O2. The summed E-state index contributed by atoms with van der Waals surface area (Å²) < 4.78 is 10.8. The van der Waals surface area contributed by atoms with Gasteiger partial charge in [-0.2, -0.15) is 4.98 Å². The van der Waals surface area contributed by atoms with Crippen molar-refractivity contribution in [1.82, 2.24) is 10.1 Å². The van der Waals surface area contributed by atoms with Gasteiger partial charge in [-0.05, 0) is 32.4 Å². The first-order chi connectivity index (χ1) is 9.53. The van der Waals surface area contributed by atoms with E-state index in [1.54, 1.807) is 0 Å². The molecule has 5 nitrogen and oxygen atoms in total. The van der Waals surface area contributed by atoms with E-state index >= 15 is 0 Å². The van der Waals surface area contributed by atoms with Gasteiger partial charge in [-0.3, -0.25) is 0 Å². The zero-order valence-electron chi connectivity index (χ0n) is 12.2. The monoisotopic (exact) mass is 275 g/mol. The molecule has 108 valence electrons. The van der Waals surface area contributed by atoms with Gasteiger partial charge in [0, 0.05) is 12.2 Å². The fourth-order valence-electron chi connectivity index (χ4n) is 1.84. The number of hydrogen-bond donors (Lipinski definition) is 1. The topological polar surface area (TPSA) is 74.2 Å². The average molecular weight is 275 g/mol. The van der Waals surface area contributed by atoms with Crippen molar-refractivity contribution >= 4 is 0 Å². The first kappa shape index (κ1) is 14.7. The van der Waals surface area contributed by atoms with E-state index in [0.29, 0.717) is 24.9 Å². The molecule has 5 heteroatoms. The van der Waals surface area contributed by atoms with Crippen LogP contribution in [-0.4, -0.2) is 23.4 Å². The van der Waals surface area contributed by atoms with Gasteiger partial charge in [0.05, 0.1) is 6.61 Å². The Kier molecular flexibility index (Phi) is 4.52. The Morgan fingerprint density at radius 1 is 1.40 bits per heavy atom. The molecule has 2 aromatic rings. The third-order valence-electron chi connectivity index (χ3n) is 2.95. The van der Waals surface area contributed by atoms with Crippen LogP contribution in [-0.2, 0) is 10.3 Å². The molecule has 20 heavy (non-hydrogen) atoms. The van der Waals surface area contributed by atoms with E-state index in [9.17, 15) is 0 Å². The van der Waals surface area contributed by atoms with Crippen molar-refractivity contribution in [3.8, 4) is 11.5 Å². The van der Waals surface area contributed by atoms with Gasteiger partial charge in [0.25, 0.3) is 5.89 Å². The van der Waals surface area contributed by atoms with Crippen LogP contribution in [0.25, 0.3) is 11.5 Å². The van der Waals surface area contributed by atoms with Crippen molar-refractivity contribution in [3.05, 3.63) is 35.7 Å². The second-order valence-corrected chi connectivity index (χ2v) is 5.26. The van der Waals surface area contributed by atoms with Gasteiger partial charge in [-0.25, -0.2) is 0 Å². The molecule has 0 saturated heterocycles. The number of aromatic nitrogens is 2. The minimum atomic E-state index is -0.749. The molecular weight excluding hydrogens is 254 g/mol. The highest BCUT2D eigenvalue weighted by Gasteiger charge is 2.28. The third-order valence-corrected chi connectivity index (χ3v) is 2.95. The summed E-state index contributed by atoms with van der Waals surface area (Å²) in [5.41, 5.74) is 7.48. The minimum absolute atomic E-state index is 0.369. The maximum atomic E-state index is 6.19. The van der Waals surface area contributed by atoms with Gasteiger partial charge in [0.1, 0.15) is 5.54 Å². The van der Waals surface area contributed by atoms with Crippen molar-refractivity contribution in [2.24, 2.45) is 5.73 Å². The largest absolute Gasteiger partial charge is 0.379 e. The van der Waals surface area contributed by atoms with Crippen molar-refractivity contribution < 1.29 is 9.26 Å². The Hall–Kier alpha value is -1.72. The Morgan fingerprint density at radius 3 is 2.90 bits per heavy atom. The number of nitrogens with zero attached hydrogens (tertiary/aromatic N) is 2. The van der Waals surface area contributed by atoms with Crippen molar-refractivity contribution in [2.45, 2.75) is 32.7 Å².